The van der Waals surface area contributed by atoms with Crippen LogP contribution in [0.15, 0.2) is 24.3 Å². The molecule has 1 fully saturated rings. The van der Waals surface area contributed by atoms with Crippen molar-refractivity contribution >= 4 is 5.91 Å². The van der Waals surface area contributed by atoms with E-state index in [4.69, 9.17) is 4.74 Å². The third kappa shape index (κ3) is 5.03. The number of rotatable bonds is 8. The molecule has 0 bridgehead atoms. The van der Waals surface area contributed by atoms with Crippen molar-refractivity contribution in [2.24, 2.45) is 5.41 Å². The lowest BCUT2D eigenvalue weighted by atomic mass is 9.77. The van der Waals surface area contributed by atoms with Gasteiger partial charge in [0.15, 0.2) is 0 Å². The molecule has 1 aromatic rings. The zero-order valence-corrected chi connectivity index (χ0v) is 14.9. The largest absolute Gasteiger partial charge is 0.396 e. The van der Waals surface area contributed by atoms with Crippen LogP contribution < -0.4 is 5.32 Å². The molecule has 0 spiro atoms. The summed E-state index contributed by atoms with van der Waals surface area (Å²) in [6.07, 6.45) is 2.92. The van der Waals surface area contributed by atoms with Crippen molar-refractivity contribution in [3.05, 3.63) is 35.4 Å². The third-order valence-electron chi connectivity index (χ3n) is 5.26. The van der Waals surface area contributed by atoms with Crippen LogP contribution in [0.2, 0.25) is 0 Å². The van der Waals surface area contributed by atoms with Crippen molar-refractivity contribution in [2.75, 3.05) is 33.4 Å². The zero-order chi connectivity index (χ0) is 17.4. The number of benzene rings is 1. The summed E-state index contributed by atoms with van der Waals surface area (Å²) in [6.45, 7) is 5.65. The molecule has 1 aromatic carbocycles. The number of carbonyl (C=O) groups is 1. The summed E-state index contributed by atoms with van der Waals surface area (Å²) in [6, 6.07) is 8.00. The van der Waals surface area contributed by atoms with Gasteiger partial charge in [0.25, 0.3) is 0 Å². The van der Waals surface area contributed by atoms with E-state index in [0.717, 1.165) is 43.5 Å². The molecule has 1 saturated heterocycles. The Morgan fingerprint density at radius 2 is 1.96 bits per heavy atom. The molecule has 2 N–H and O–H groups in total. The highest BCUT2D eigenvalue weighted by Crippen LogP contribution is 2.33. The highest BCUT2D eigenvalue weighted by Gasteiger charge is 2.32. The van der Waals surface area contributed by atoms with Crippen molar-refractivity contribution in [3.8, 4) is 0 Å². The molecule has 24 heavy (non-hydrogen) atoms. The van der Waals surface area contributed by atoms with Gasteiger partial charge in [-0.15, -0.1) is 0 Å². The molecule has 1 amide bonds. The van der Waals surface area contributed by atoms with E-state index in [1.54, 1.807) is 7.11 Å². The van der Waals surface area contributed by atoms with Gasteiger partial charge >= 0.3 is 0 Å². The van der Waals surface area contributed by atoms with E-state index in [1.807, 2.05) is 24.3 Å². The van der Waals surface area contributed by atoms with E-state index in [-0.39, 0.29) is 17.9 Å². The van der Waals surface area contributed by atoms with Gasteiger partial charge in [-0.3, -0.25) is 9.69 Å². The monoisotopic (exact) mass is 334 g/mol. The van der Waals surface area contributed by atoms with Gasteiger partial charge in [-0.2, -0.15) is 0 Å². The Kier molecular flexibility index (Phi) is 7.21. The topological polar surface area (TPSA) is 61.8 Å². The molecule has 5 heteroatoms. The van der Waals surface area contributed by atoms with E-state index in [0.29, 0.717) is 19.7 Å². The van der Waals surface area contributed by atoms with E-state index < -0.39 is 0 Å². The summed E-state index contributed by atoms with van der Waals surface area (Å²) in [5.41, 5.74) is 2.26. The van der Waals surface area contributed by atoms with E-state index in [1.165, 1.54) is 0 Å². The lowest BCUT2D eigenvalue weighted by Crippen LogP contribution is -2.45. The smallest absolute Gasteiger partial charge is 0.234 e. The Balaban J connectivity index is 1.78. The van der Waals surface area contributed by atoms with E-state index in [2.05, 4.69) is 17.1 Å². The number of hydrogen-bond donors (Lipinski definition) is 2. The number of methoxy groups -OCH3 is 1. The summed E-state index contributed by atoms with van der Waals surface area (Å²) >= 11 is 0. The number of aliphatic hydroxyl groups is 1. The van der Waals surface area contributed by atoms with Crippen LogP contribution in [0, 0.1) is 5.41 Å². The molecule has 134 valence electrons. The lowest BCUT2D eigenvalue weighted by Gasteiger charge is -2.39. The van der Waals surface area contributed by atoms with Crippen molar-refractivity contribution in [2.45, 2.75) is 39.3 Å². The van der Waals surface area contributed by atoms with Gasteiger partial charge in [-0.1, -0.05) is 31.2 Å². The van der Waals surface area contributed by atoms with Crippen LogP contribution in [0.4, 0.5) is 0 Å². The summed E-state index contributed by atoms with van der Waals surface area (Å²) in [5.74, 6) is 0.0511. The number of hydrogen-bond acceptors (Lipinski definition) is 4. The average molecular weight is 334 g/mol. The fourth-order valence-electron chi connectivity index (χ4n) is 3.29. The SMILES string of the molecule is CCC1(CO)CCN(CC(=O)NCc2ccccc2COC)CC1. The van der Waals surface area contributed by atoms with Gasteiger partial charge in [0.1, 0.15) is 0 Å². The van der Waals surface area contributed by atoms with Crippen molar-refractivity contribution < 1.29 is 14.6 Å². The van der Waals surface area contributed by atoms with Gasteiger partial charge in [-0.05, 0) is 48.9 Å². The molecule has 0 aliphatic carbocycles. The molecule has 0 radical (unpaired) electrons. The Labute approximate surface area is 145 Å². The highest BCUT2D eigenvalue weighted by atomic mass is 16.5. The van der Waals surface area contributed by atoms with Crippen LogP contribution in [0.1, 0.15) is 37.3 Å². The van der Waals surface area contributed by atoms with Crippen LogP contribution in [-0.2, 0) is 22.7 Å². The van der Waals surface area contributed by atoms with E-state index in [9.17, 15) is 9.90 Å². The Bertz CT molecular complexity index is 519. The molecule has 0 atom stereocenters. The Morgan fingerprint density at radius 1 is 1.29 bits per heavy atom. The van der Waals surface area contributed by atoms with E-state index >= 15 is 0 Å². The van der Waals surface area contributed by atoms with Crippen LogP contribution in [-0.4, -0.2) is 49.3 Å². The highest BCUT2D eigenvalue weighted by molar-refractivity contribution is 5.78. The van der Waals surface area contributed by atoms with Crippen molar-refractivity contribution in [1.82, 2.24) is 10.2 Å². The van der Waals surface area contributed by atoms with Crippen LogP contribution in [0.5, 0.6) is 0 Å². The number of ether oxygens (including phenoxy) is 1. The normalized spacial score (nSPS) is 17.6. The summed E-state index contributed by atoms with van der Waals surface area (Å²) in [5, 5.41) is 12.6. The molecular formula is C19H30N2O3. The number of aliphatic hydroxyl groups excluding tert-OH is 1. The average Bonchev–Trinajstić information content (AvgIpc) is 2.62. The first kappa shape index (κ1) is 18.9. The van der Waals surface area contributed by atoms with Crippen LogP contribution in [0.25, 0.3) is 0 Å². The standard InChI is InChI=1S/C19H30N2O3/c1-3-19(15-22)8-10-21(11-9-19)13-18(23)20-12-16-6-4-5-7-17(16)14-24-2/h4-7,22H,3,8-15H2,1-2H3,(H,20,23). The third-order valence-corrected chi connectivity index (χ3v) is 5.26. The minimum atomic E-state index is 0.0511. The molecule has 1 aliphatic rings. The van der Waals surface area contributed by atoms with Crippen molar-refractivity contribution in [3.63, 3.8) is 0 Å². The Hall–Kier alpha value is -1.43. The molecule has 0 saturated carbocycles. The molecule has 1 heterocycles. The minimum Gasteiger partial charge on any atom is -0.396 e. The number of nitrogens with zero attached hydrogens (tertiary/aromatic N) is 1. The van der Waals surface area contributed by atoms with Crippen LogP contribution >= 0.6 is 0 Å². The first-order valence-corrected chi connectivity index (χ1v) is 8.78. The predicted octanol–water partition coefficient (Wildman–Crippen LogP) is 1.93. The molecule has 0 aromatic heterocycles. The van der Waals surface area contributed by atoms with Gasteiger partial charge in [0, 0.05) is 20.3 Å². The second-order valence-electron chi connectivity index (χ2n) is 6.77. The van der Waals surface area contributed by atoms with Crippen LogP contribution in [0.3, 0.4) is 0 Å². The maximum atomic E-state index is 12.2. The van der Waals surface area contributed by atoms with Gasteiger partial charge in [0.05, 0.1) is 13.2 Å². The fraction of sp³-hybridized carbons (Fsp3) is 0.632. The number of carbonyl (C=O) groups excluding carboxylic acids is 1. The second-order valence-corrected chi connectivity index (χ2v) is 6.77. The molecule has 1 aliphatic heterocycles. The molecular weight excluding hydrogens is 304 g/mol. The molecule has 0 unspecified atom stereocenters. The van der Waals surface area contributed by atoms with Gasteiger partial charge in [0.2, 0.25) is 5.91 Å². The van der Waals surface area contributed by atoms with Gasteiger partial charge < -0.3 is 15.2 Å². The van der Waals surface area contributed by atoms with Crippen molar-refractivity contribution in [1.29, 1.82) is 0 Å². The molecule has 5 nitrogen and oxygen atoms in total. The maximum Gasteiger partial charge on any atom is 0.234 e. The number of piperidine rings is 1. The molecule has 2 rings (SSSR count). The number of likely N-dealkylation sites (tertiary alicyclic amines) is 1. The number of amides is 1. The quantitative estimate of drug-likeness (QED) is 0.763. The summed E-state index contributed by atoms with van der Waals surface area (Å²) < 4.78 is 5.20. The first-order chi connectivity index (χ1) is 11.6. The summed E-state index contributed by atoms with van der Waals surface area (Å²) in [4.78, 5) is 14.4. The minimum absolute atomic E-state index is 0.0511. The Morgan fingerprint density at radius 3 is 2.54 bits per heavy atom. The summed E-state index contributed by atoms with van der Waals surface area (Å²) in [7, 11) is 1.68. The predicted molar refractivity (Wildman–Crippen MR) is 94.5 cm³/mol. The van der Waals surface area contributed by atoms with Gasteiger partial charge in [-0.25, -0.2) is 0 Å². The number of nitrogens with one attached hydrogen (secondary N) is 1. The zero-order valence-electron chi connectivity index (χ0n) is 14.9. The fourth-order valence-corrected chi connectivity index (χ4v) is 3.29. The second kappa shape index (κ2) is 9.16. The maximum absolute atomic E-state index is 12.2. The lowest BCUT2D eigenvalue weighted by molar-refractivity contribution is -0.123. The first-order valence-electron chi connectivity index (χ1n) is 8.78.